The van der Waals surface area contributed by atoms with Crippen molar-refractivity contribution in [2.75, 3.05) is 18.1 Å². The lowest BCUT2D eigenvalue weighted by atomic mass is 9.95. The maximum absolute atomic E-state index is 13.4. The number of carbonyl (C=O) groups excluding carboxylic acids is 3. The number of amides is 1. The molecule has 1 aliphatic rings. The minimum atomic E-state index is -0.999. The zero-order valence-electron chi connectivity index (χ0n) is 21.2. The number of aliphatic hydroxyl groups excluding tert-OH is 1. The first kappa shape index (κ1) is 27.3. The molecule has 2 aromatic carbocycles. The Morgan fingerprint density at radius 3 is 2.44 bits per heavy atom. The predicted molar refractivity (Wildman–Crippen MR) is 150 cm³/mol. The molecule has 0 saturated heterocycles. The molecule has 1 unspecified atom stereocenters. The van der Waals surface area contributed by atoms with Crippen LogP contribution < -0.4 is 9.64 Å². The fourth-order valence-corrected chi connectivity index (χ4v) is 4.96. The van der Waals surface area contributed by atoms with Gasteiger partial charge in [-0.05, 0) is 36.3 Å². The van der Waals surface area contributed by atoms with E-state index in [4.69, 9.17) is 9.47 Å². The lowest BCUT2D eigenvalue weighted by Gasteiger charge is -2.24. The van der Waals surface area contributed by atoms with Crippen LogP contribution in [0, 0.1) is 6.92 Å². The van der Waals surface area contributed by atoms with Crippen molar-refractivity contribution in [1.29, 1.82) is 0 Å². The van der Waals surface area contributed by atoms with E-state index in [0.717, 1.165) is 16.9 Å². The number of esters is 1. The van der Waals surface area contributed by atoms with Crippen molar-refractivity contribution in [2.24, 2.45) is 0 Å². The highest BCUT2D eigenvalue weighted by molar-refractivity contribution is 7.17. The number of carbonyl (C=O) groups is 3. The molecule has 1 atom stereocenters. The summed E-state index contributed by atoms with van der Waals surface area (Å²) in [6.07, 6.45) is 5.99. The van der Waals surface area contributed by atoms with Gasteiger partial charge in [-0.25, -0.2) is 9.78 Å². The molecule has 1 aliphatic heterocycles. The molecule has 1 N–H and O–H groups in total. The average molecular weight is 543 g/mol. The minimum absolute atomic E-state index is 0.0196. The molecule has 1 amide bonds. The number of aliphatic hydroxyl groups is 1. The van der Waals surface area contributed by atoms with Crippen molar-refractivity contribution in [1.82, 2.24) is 4.98 Å². The van der Waals surface area contributed by atoms with Crippen molar-refractivity contribution in [2.45, 2.75) is 13.0 Å². The first-order valence-corrected chi connectivity index (χ1v) is 12.8. The molecule has 39 heavy (non-hydrogen) atoms. The molecule has 9 heteroatoms. The molecule has 0 bridgehead atoms. The first-order valence-electron chi connectivity index (χ1n) is 12.0. The van der Waals surface area contributed by atoms with Gasteiger partial charge >= 0.3 is 5.97 Å². The molecular formula is C30H26N2O6S. The Kier molecular flexibility index (Phi) is 8.53. The van der Waals surface area contributed by atoms with Crippen LogP contribution in [0.5, 0.6) is 5.75 Å². The number of allylic oxidation sites excluding steroid dienone is 1. The van der Waals surface area contributed by atoms with Crippen LogP contribution in [0.15, 0.2) is 97.3 Å². The minimum Gasteiger partial charge on any atom is -0.503 e. The Bertz CT molecular complexity index is 1470. The second-order valence-corrected chi connectivity index (χ2v) is 9.39. The predicted octanol–water partition coefficient (Wildman–Crippen LogP) is 5.54. The second-order valence-electron chi connectivity index (χ2n) is 8.42. The highest BCUT2D eigenvalue weighted by atomic mass is 32.1. The molecule has 0 saturated carbocycles. The topological polar surface area (TPSA) is 106 Å². The monoisotopic (exact) mass is 542 g/mol. The summed E-state index contributed by atoms with van der Waals surface area (Å²) in [5, 5.41) is 11.1. The third-order valence-electron chi connectivity index (χ3n) is 5.77. The normalized spacial score (nSPS) is 15.1. The number of rotatable bonds is 11. The van der Waals surface area contributed by atoms with E-state index in [1.807, 2.05) is 30.3 Å². The number of nitrogens with zero attached hydrogens (tertiary/aromatic N) is 2. The number of ketones is 1. The third kappa shape index (κ3) is 5.89. The first-order chi connectivity index (χ1) is 18.8. The number of thiazole rings is 1. The van der Waals surface area contributed by atoms with Gasteiger partial charge in [-0.15, -0.1) is 0 Å². The van der Waals surface area contributed by atoms with Crippen molar-refractivity contribution >= 4 is 40.2 Å². The Balaban J connectivity index is 1.76. The van der Waals surface area contributed by atoms with Crippen molar-refractivity contribution in [3.05, 3.63) is 119 Å². The number of aryl methyl sites for hydroxylation is 1. The Hall–Kier alpha value is -4.76. The van der Waals surface area contributed by atoms with Crippen molar-refractivity contribution in [3.8, 4) is 5.75 Å². The zero-order valence-corrected chi connectivity index (χ0v) is 22.0. The summed E-state index contributed by atoms with van der Waals surface area (Å²) in [5.74, 6) is -2.07. The summed E-state index contributed by atoms with van der Waals surface area (Å²) in [5.41, 5.74) is 1.58. The highest BCUT2D eigenvalue weighted by Crippen LogP contribution is 2.43. The number of hydrogen-bond acceptors (Lipinski definition) is 8. The van der Waals surface area contributed by atoms with Gasteiger partial charge in [0.1, 0.15) is 23.8 Å². The van der Waals surface area contributed by atoms with E-state index in [0.29, 0.717) is 23.6 Å². The van der Waals surface area contributed by atoms with Crippen LogP contribution in [0.1, 0.15) is 32.5 Å². The maximum atomic E-state index is 13.4. The van der Waals surface area contributed by atoms with Crippen LogP contribution >= 0.6 is 11.3 Å². The molecule has 4 rings (SSSR count). The van der Waals surface area contributed by atoms with Gasteiger partial charge in [-0.2, -0.15) is 0 Å². The number of aromatic nitrogens is 1. The third-order valence-corrected chi connectivity index (χ3v) is 6.91. The van der Waals surface area contributed by atoms with Crippen LogP contribution in [0.25, 0.3) is 6.08 Å². The lowest BCUT2D eigenvalue weighted by Crippen LogP contribution is -2.30. The zero-order chi connectivity index (χ0) is 27.9. The Labute approximate surface area is 229 Å². The van der Waals surface area contributed by atoms with Gasteiger partial charge < -0.3 is 14.6 Å². The number of hydrogen-bond donors (Lipinski definition) is 1. The molecule has 0 radical (unpaired) electrons. The standard InChI is InChI=1S/C30H26N2O6S/c1-4-17-37-22-14-12-21(13-15-22)25-24(23(33)16-11-20-9-7-6-8-10-20)26(34)28(35)32(25)30-31-19(3)27(39-30)29(36)38-18-5-2/h4-16,25,34H,1-2,17-18H2,3H3. The van der Waals surface area contributed by atoms with E-state index in [9.17, 15) is 19.5 Å². The Morgan fingerprint density at radius 2 is 1.77 bits per heavy atom. The molecule has 0 spiro atoms. The quantitative estimate of drug-likeness (QED) is 0.193. The fourth-order valence-electron chi connectivity index (χ4n) is 3.97. The summed E-state index contributed by atoms with van der Waals surface area (Å²) in [6, 6.07) is 15.0. The van der Waals surface area contributed by atoms with Crippen LogP contribution in [-0.4, -0.2) is 41.0 Å². The van der Waals surface area contributed by atoms with Crippen LogP contribution in [0.2, 0.25) is 0 Å². The molecule has 2 heterocycles. The van der Waals surface area contributed by atoms with Gasteiger partial charge in [0, 0.05) is 0 Å². The molecule has 8 nitrogen and oxygen atoms in total. The van der Waals surface area contributed by atoms with E-state index in [1.54, 1.807) is 43.3 Å². The van der Waals surface area contributed by atoms with Crippen LogP contribution in [-0.2, 0) is 14.3 Å². The van der Waals surface area contributed by atoms with E-state index in [2.05, 4.69) is 18.1 Å². The molecule has 3 aromatic rings. The van der Waals surface area contributed by atoms with Gasteiger partial charge in [-0.3, -0.25) is 14.5 Å². The van der Waals surface area contributed by atoms with Gasteiger partial charge in [0.05, 0.1) is 17.3 Å². The second kappa shape index (κ2) is 12.2. The molecule has 1 aromatic heterocycles. The van der Waals surface area contributed by atoms with E-state index in [-0.39, 0.29) is 22.2 Å². The van der Waals surface area contributed by atoms with Crippen LogP contribution in [0.3, 0.4) is 0 Å². The molecule has 0 aliphatic carbocycles. The fraction of sp³-hybridized carbons (Fsp3) is 0.133. The van der Waals surface area contributed by atoms with E-state index in [1.165, 1.54) is 17.1 Å². The van der Waals surface area contributed by atoms with Gasteiger partial charge in [-0.1, -0.05) is 85.2 Å². The summed E-state index contributed by atoms with van der Waals surface area (Å²) < 4.78 is 10.7. The van der Waals surface area contributed by atoms with Gasteiger partial charge in [0.25, 0.3) is 5.91 Å². The van der Waals surface area contributed by atoms with Crippen molar-refractivity contribution < 1.29 is 29.0 Å². The summed E-state index contributed by atoms with van der Waals surface area (Å²) in [4.78, 5) is 45.2. The van der Waals surface area contributed by atoms with Crippen molar-refractivity contribution in [3.63, 3.8) is 0 Å². The Morgan fingerprint density at radius 1 is 1.08 bits per heavy atom. The smallest absolute Gasteiger partial charge is 0.350 e. The van der Waals surface area contributed by atoms with Gasteiger partial charge in [0.15, 0.2) is 16.7 Å². The number of benzene rings is 2. The highest BCUT2D eigenvalue weighted by Gasteiger charge is 2.45. The molecular weight excluding hydrogens is 516 g/mol. The number of ether oxygens (including phenoxy) is 2. The van der Waals surface area contributed by atoms with E-state index >= 15 is 0 Å². The lowest BCUT2D eigenvalue weighted by molar-refractivity contribution is -0.117. The summed E-state index contributed by atoms with van der Waals surface area (Å²) in [7, 11) is 0. The van der Waals surface area contributed by atoms with E-state index < -0.39 is 29.5 Å². The largest absolute Gasteiger partial charge is 0.503 e. The maximum Gasteiger partial charge on any atom is 0.350 e. The summed E-state index contributed by atoms with van der Waals surface area (Å²) >= 11 is 0.940. The SMILES string of the molecule is C=CCOC(=O)c1sc(N2C(=O)C(O)=C(C(=O)C=Cc3ccccc3)C2c2ccc(OCC=C)cc2)nc1C. The molecule has 198 valence electrons. The van der Waals surface area contributed by atoms with Gasteiger partial charge in [0.2, 0.25) is 0 Å². The van der Waals surface area contributed by atoms with Crippen LogP contribution in [0.4, 0.5) is 5.13 Å². The molecule has 0 fully saturated rings. The average Bonchev–Trinajstić information content (AvgIpc) is 3.46. The summed E-state index contributed by atoms with van der Waals surface area (Å²) in [6.45, 7) is 9.12. The number of anilines is 1.